The van der Waals surface area contributed by atoms with Gasteiger partial charge < -0.3 is 4.57 Å². The number of H-pyrrole nitrogens is 1. The van der Waals surface area contributed by atoms with Crippen LogP contribution in [0.2, 0.25) is 0 Å². The van der Waals surface area contributed by atoms with Crippen LogP contribution >= 0.6 is 0 Å². The third-order valence-corrected chi connectivity index (χ3v) is 3.60. The minimum absolute atomic E-state index is 0.428. The van der Waals surface area contributed by atoms with Crippen LogP contribution < -0.4 is 5.76 Å². The number of aromatic amines is 1. The molecule has 1 N–H and O–H groups in total. The fourth-order valence-corrected chi connectivity index (χ4v) is 2.41. The smallest absolute Gasteiger partial charge is 0.306 e. The zero-order valence-corrected chi connectivity index (χ0v) is 12.0. The minimum atomic E-state index is -0.556. The van der Waals surface area contributed by atoms with Gasteiger partial charge in [0.25, 0.3) is 0 Å². The molecule has 0 amide bonds. The molecule has 0 aliphatic carbocycles. The predicted octanol–water partition coefficient (Wildman–Crippen LogP) is 2.88. The fraction of sp³-hybridized carbons (Fsp3) is 0. The topological polar surface area (TPSA) is 76.7 Å². The zero-order chi connectivity index (χ0) is 15.6. The van der Waals surface area contributed by atoms with Gasteiger partial charge in [-0.15, -0.1) is 0 Å². The molecular weight excluding hydrogens is 292 g/mol. The molecule has 6 heteroatoms. The lowest BCUT2D eigenvalue weighted by atomic mass is 10.0. The Morgan fingerprint density at radius 3 is 2.13 bits per heavy atom. The highest BCUT2D eigenvalue weighted by atomic mass is 16.5. The maximum atomic E-state index is 11.0. The summed E-state index contributed by atoms with van der Waals surface area (Å²) in [5.41, 5.74) is 4.04. The largest absolute Gasteiger partial charge is 0.439 e. The number of nitrogens with zero attached hydrogens (tertiary/aromatic N) is 3. The average Bonchev–Trinajstić information content (AvgIpc) is 3.27. The van der Waals surface area contributed by atoms with Crippen molar-refractivity contribution in [1.82, 2.24) is 19.7 Å². The van der Waals surface area contributed by atoms with Gasteiger partial charge in [0, 0.05) is 23.6 Å². The van der Waals surface area contributed by atoms with Gasteiger partial charge in [-0.25, -0.2) is 9.78 Å². The molecule has 0 unspecified atom stereocenters. The van der Waals surface area contributed by atoms with Crippen LogP contribution in [0.3, 0.4) is 0 Å². The molecule has 6 nitrogen and oxygen atoms in total. The average molecular weight is 304 g/mol. The van der Waals surface area contributed by atoms with E-state index >= 15 is 0 Å². The first-order valence-corrected chi connectivity index (χ1v) is 7.05. The highest BCUT2D eigenvalue weighted by Crippen LogP contribution is 2.23. The van der Waals surface area contributed by atoms with Crippen molar-refractivity contribution < 1.29 is 4.52 Å². The lowest BCUT2D eigenvalue weighted by Gasteiger charge is -2.05. The zero-order valence-electron chi connectivity index (χ0n) is 12.0. The van der Waals surface area contributed by atoms with Crippen LogP contribution in [0.4, 0.5) is 0 Å². The first kappa shape index (κ1) is 13.3. The van der Waals surface area contributed by atoms with Gasteiger partial charge in [0.15, 0.2) is 5.82 Å². The molecule has 0 atom stereocenters. The predicted molar refractivity (Wildman–Crippen MR) is 85.1 cm³/mol. The third kappa shape index (κ3) is 2.57. The Balaban J connectivity index is 1.62. The number of hydrogen-bond acceptors (Lipinski definition) is 4. The van der Waals surface area contributed by atoms with Gasteiger partial charge in [-0.1, -0.05) is 41.6 Å². The Morgan fingerprint density at radius 1 is 0.913 bits per heavy atom. The van der Waals surface area contributed by atoms with E-state index < -0.39 is 5.76 Å². The standard InChI is InChI=1S/C17H12N4O2/c22-17-19-16(20-23-17)14-3-1-12(2-4-14)13-5-7-15(8-6-13)21-10-9-18-11-21/h1-11H,(H,19,20,22). The fourth-order valence-electron chi connectivity index (χ4n) is 2.41. The van der Waals surface area contributed by atoms with Gasteiger partial charge in [-0.05, 0) is 23.3 Å². The molecule has 0 spiro atoms. The van der Waals surface area contributed by atoms with Gasteiger partial charge in [0.2, 0.25) is 0 Å². The van der Waals surface area contributed by atoms with Crippen LogP contribution in [-0.4, -0.2) is 19.7 Å². The summed E-state index contributed by atoms with van der Waals surface area (Å²) in [6.07, 6.45) is 5.42. The molecule has 112 valence electrons. The first-order valence-electron chi connectivity index (χ1n) is 7.05. The van der Waals surface area contributed by atoms with Crippen LogP contribution in [-0.2, 0) is 0 Å². The van der Waals surface area contributed by atoms with Crippen molar-refractivity contribution in [2.75, 3.05) is 0 Å². The minimum Gasteiger partial charge on any atom is -0.306 e. The summed E-state index contributed by atoms with van der Waals surface area (Å²) in [5.74, 6) is -0.129. The number of rotatable bonds is 3. The summed E-state index contributed by atoms with van der Waals surface area (Å²) in [5, 5.41) is 3.68. The molecule has 0 bridgehead atoms. The summed E-state index contributed by atoms with van der Waals surface area (Å²) < 4.78 is 6.47. The van der Waals surface area contributed by atoms with Crippen molar-refractivity contribution in [2.24, 2.45) is 0 Å². The highest BCUT2D eigenvalue weighted by molar-refractivity contribution is 5.68. The molecule has 0 aliphatic heterocycles. The van der Waals surface area contributed by atoms with Gasteiger partial charge >= 0.3 is 5.76 Å². The normalized spacial score (nSPS) is 10.8. The Bertz CT molecular complexity index is 965. The molecule has 0 fully saturated rings. The Kier molecular flexibility index (Phi) is 3.12. The summed E-state index contributed by atoms with van der Waals surface area (Å²) in [7, 11) is 0. The van der Waals surface area contributed by atoms with E-state index in [9.17, 15) is 4.79 Å². The monoisotopic (exact) mass is 304 g/mol. The van der Waals surface area contributed by atoms with Crippen molar-refractivity contribution in [3.05, 3.63) is 77.8 Å². The number of hydrogen-bond donors (Lipinski definition) is 1. The maximum Gasteiger partial charge on any atom is 0.439 e. The number of benzene rings is 2. The molecular formula is C17H12N4O2. The van der Waals surface area contributed by atoms with Crippen LogP contribution in [0.15, 0.2) is 76.6 Å². The van der Waals surface area contributed by atoms with E-state index in [0.717, 1.165) is 22.4 Å². The molecule has 4 aromatic rings. The van der Waals surface area contributed by atoms with Crippen molar-refractivity contribution in [1.29, 1.82) is 0 Å². The summed E-state index contributed by atoms with van der Waals surface area (Å²) in [6.45, 7) is 0. The van der Waals surface area contributed by atoms with Crippen LogP contribution in [0, 0.1) is 0 Å². The summed E-state index contributed by atoms with van der Waals surface area (Å²) in [6, 6.07) is 16.0. The number of imidazole rings is 1. The Labute approximate surface area is 131 Å². The summed E-state index contributed by atoms with van der Waals surface area (Å²) >= 11 is 0. The molecule has 2 heterocycles. The molecule has 4 rings (SSSR count). The van der Waals surface area contributed by atoms with Crippen LogP contribution in [0.5, 0.6) is 0 Å². The number of aromatic nitrogens is 4. The third-order valence-electron chi connectivity index (χ3n) is 3.60. The number of nitrogens with one attached hydrogen (secondary N) is 1. The van der Waals surface area contributed by atoms with Crippen LogP contribution in [0.25, 0.3) is 28.2 Å². The van der Waals surface area contributed by atoms with E-state index in [-0.39, 0.29) is 0 Å². The van der Waals surface area contributed by atoms with Gasteiger partial charge in [-0.2, -0.15) is 0 Å². The van der Waals surface area contributed by atoms with Crippen molar-refractivity contribution in [3.63, 3.8) is 0 Å². The van der Waals surface area contributed by atoms with E-state index in [1.165, 1.54) is 0 Å². The van der Waals surface area contributed by atoms with E-state index in [0.29, 0.717) is 5.82 Å². The SMILES string of the molecule is O=c1[nH]c(-c2ccc(-c3ccc(-n4ccnc4)cc3)cc2)no1. The quantitative estimate of drug-likeness (QED) is 0.631. The lowest BCUT2D eigenvalue weighted by molar-refractivity contribution is 0.388. The second kappa shape index (κ2) is 5.42. The van der Waals surface area contributed by atoms with Gasteiger partial charge in [0.05, 0.1) is 6.33 Å². The van der Waals surface area contributed by atoms with E-state index in [1.807, 2.05) is 47.2 Å². The van der Waals surface area contributed by atoms with E-state index in [2.05, 4.69) is 31.8 Å². The van der Waals surface area contributed by atoms with Crippen molar-refractivity contribution >= 4 is 0 Å². The first-order chi connectivity index (χ1) is 11.3. The molecule has 0 saturated carbocycles. The van der Waals surface area contributed by atoms with Crippen molar-refractivity contribution in [3.8, 4) is 28.2 Å². The Morgan fingerprint density at radius 2 is 1.57 bits per heavy atom. The van der Waals surface area contributed by atoms with E-state index in [4.69, 9.17) is 0 Å². The molecule has 23 heavy (non-hydrogen) atoms. The lowest BCUT2D eigenvalue weighted by Crippen LogP contribution is -1.94. The molecule has 2 aromatic heterocycles. The molecule has 0 radical (unpaired) electrons. The maximum absolute atomic E-state index is 11.0. The highest BCUT2D eigenvalue weighted by Gasteiger charge is 2.05. The van der Waals surface area contributed by atoms with Crippen LogP contribution in [0.1, 0.15) is 0 Å². The second-order valence-corrected chi connectivity index (χ2v) is 5.04. The molecule has 2 aromatic carbocycles. The van der Waals surface area contributed by atoms with Crippen molar-refractivity contribution in [2.45, 2.75) is 0 Å². The Hall–Kier alpha value is -3.41. The molecule has 0 aliphatic rings. The van der Waals surface area contributed by atoms with Gasteiger partial charge in [-0.3, -0.25) is 9.51 Å². The van der Waals surface area contributed by atoms with E-state index in [1.54, 1.807) is 12.5 Å². The summed E-state index contributed by atoms with van der Waals surface area (Å²) in [4.78, 5) is 17.6. The van der Waals surface area contributed by atoms with Gasteiger partial charge in [0.1, 0.15) is 0 Å². The molecule has 0 saturated heterocycles. The second-order valence-electron chi connectivity index (χ2n) is 5.04.